The molecule has 1 aliphatic rings. The molecule has 2 aromatic rings. The van der Waals surface area contributed by atoms with Crippen LogP contribution in [0.15, 0.2) is 52.3 Å². The van der Waals surface area contributed by atoms with E-state index < -0.39 is 26.0 Å². The number of rotatable bonds is 9. The fraction of sp³-hybridized carbons (Fsp3) is 0.286. The van der Waals surface area contributed by atoms with Gasteiger partial charge in [-0.25, -0.2) is 21.6 Å². The van der Waals surface area contributed by atoms with Crippen LogP contribution < -0.4 is 14.2 Å². The van der Waals surface area contributed by atoms with E-state index in [2.05, 4.69) is 4.72 Å². The van der Waals surface area contributed by atoms with Gasteiger partial charge < -0.3 is 14.6 Å². The normalized spacial score (nSPS) is 15.0. The van der Waals surface area contributed by atoms with Crippen molar-refractivity contribution in [2.75, 3.05) is 32.0 Å². The Kier molecular flexibility index (Phi) is 7.30. The van der Waals surface area contributed by atoms with Crippen LogP contribution in [0.5, 0.6) is 11.5 Å². The summed E-state index contributed by atoms with van der Waals surface area (Å²) in [5.41, 5.74) is 0.295. The summed E-state index contributed by atoms with van der Waals surface area (Å²) in [6, 6.07) is 8.20. The monoisotopic (exact) mass is 496 g/mol. The molecular formula is C21H24N2O8S2. The average Bonchev–Trinajstić information content (AvgIpc) is 3.32. The fourth-order valence-corrected chi connectivity index (χ4v) is 6.25. The molecule has 1 saturated heterocycles. The second-order valence-electron chi connectivity index (χ2n) is 7.17. The largest absolute Gasteiger partial charge is 0.493 e. The molecule has 178 valence electrons. The van der Waals surface area contributed by atoms with Crippen molar-refractivity contribution in [3.05, 3.63) is 48.0 Å². The molecular weight excluding hydrogens is 472 g/mol. The van der Waals surface area contributed by atoms with Gasteiger partial charge >= 0.3 is 5.97 Å². The quantitative estimate of drug-likeness (QED) is 0.505. The highest BCUT2D eigenvalue weighted by atomic mass is 32.2. The number of carboxylic acid groups (broad SMARTS) is 1. The van der Waals surface area contributed by atoms with E-state index in [1.54, 1.807) is 0 Å². The zero-order chi connectivity index (χ0) is 24.2. The Morgan fingerprint density at radius 2 is 1.76 bits per heavy atom. The van der Waals surface area contributed by atoms with Gasteiger partial charge in [0.2, 0.25) is 10.0 Å². The Labute approximate surface area is 192 Å². The minimum Gasteiger partial charge on any atom is -0.493 e. The Bertz CT molecular complexity index is 1280. The highest BCUT2D eigenvalue weighted by molar-refractivity contribution is 7.92. The van der Waals surface area contributed by atoms with Crippen LogP contribution >= 0.6 is 0 Å². The Morgan fingerprint density at radius 3 is 2.36 bits per heavy atom. The summed E-state index contributed by atoms with van der Waals surface area (Å²) >= 11 is 0. The summed E-state index contributed by atoms with van der Waals surface area (Å²) in [6.45, 7) is 0.845. The summed E-state index contributed by atoms with van der Waals surface area (Å²) in [4.78, 5) is 10.5. The molecule has 0 amide bonds. The van der Waals surface area contributed by atoms with E-state index in [9.17, 15) is 21.6 Å². The van der Waals surface area contributed by atoms with Crippen molar-refractivity contribution in [2.24, 2.45) is 0 Å². The molecule has 12 heteroatoms. The maximum Gasteiger partial charge on any atom is 0.328 e. The van der Waals surface area contributed by atoms with E-state index in [1.807, 2.05) is 0 Å². The van der Waals surface area contributed by atoms with Crippen LogP contribution in [0.25, 0.3) is 6.08 Å². The second-order valence-corrected chi connectivity index (χ2v) is 10.8. The van der Waals surface area contributed by atoms with Gasteiger partial charge in [-0.2, -0.15) is 4.31 Å². The van der Waals surface area contributed by atoms with Crippen molar-refractivity contribution >= 4 is 37.8 Å². The first-order valence-corrected chi connectivity index (χ1v) is 12.8. The number of hydrogen-bond acceptors (Lipinski definition) is 7. The van der Waals surface area contributed by atoms with Gasteiger partial charge in [0.05, 0.1) is 24.8 Å². The smallest absolute Gasteiger partial charge is 0.328 e. The summed E-state index contributed by atoms with van der Waals surface area (Å²) in [7, 11) is -5.42. The number of methoxy groups -OCH3 is 2. The lowest BCUT2D eigenvalue weighted by atomic mass is 10.2. The lowest BCUT2D eigenvalue weighted by Crippen LogP contribution is -2.28. The van der Waals surface area contributed by atoms with E-state index >= 15 is 0 Å². The van der Waals surface area contributed by atoms with Gasteiger partial charge in [-0.1, -0.05) is 6.07 Å². The molecule has 0 aliphatic carbocycles. The van der Waals surface area contributed by atoms with Crippen molar-refractivity contribution < 1.29 is 36.2 Å². The first-order valence-electron chi connectivity index (χ1n) is 9.88. The van der Waals surface area contributed by atoms with Crippen LogP contribution in [0, 0.1) is 0 Å². The highest BCUT2D eigenvalue weighted by Gasteiger charge is 2.28. The third-order valence-corrected chi connectivity index (χ3v) is 8.25. The number of sulfonamides is 2. The first-order chi connectivity index (χ1) is 15.6. The maximum atomic E-state index is 13.2. The number of carbonyl (C=O) groups is 1. The molecule has 0 unspecified atom stereocenters. The second kappa shape index (κ2) is 9.81. The van der Waals surface area contributed by atoms with Crippen LogP contribution in [-0.4, -0.2) is 59.5 Å². The molecule has 33 heavy (non-hydrogen) atoms. The van der Waals surface area contributed by atoms with Crippen LogP contribution in [0.4, 0.5) is 5.69 Å². The molecule has 2 N–H and O–H groups in total. The van der Waals surface area contributed by atoms with E-state index in [0.717, 1.165) is 18.9 Å². The third-order valence-electron chi connectivity index (χ3n) is 4.96. The van der Waals surface area contributed by atoms with Gasteiger partial charge in [0, 0.05) is 19.2 Å². The SMILES string of the molecule is COc1cc(/C=C/C(=O)O)cc(S(=O)(=O)Nc2cccc(S(=O)(=O)N3CCCC3)c2)c1OC. The van der Waals surface area contributed by atoms with Crippen LogP contribution in [0.3, 0.4) is 0 Å². The van der Waals surface area contributed by atoms with Crippen LogP contribution in [0.2, 0.25) is 0 Å². The van der Waals surface area contributed by atoms with Gasteiger partial charge in [-0.3, -0.25) is 4.72 Å². The maximum absolute atomic E-state index is 13.2. The van der Waals surface area contributed by atoms with Crippen molar-refractivity contribution in [2.45, 2.75) is 22.6 Å². The molecule has 0 saturated carbocycles. The van der Waals surface area contributed by atoms with Crippen molar-refractivity contribution in [3.63, 3.8) is 0 Å². The molecule has 0 aromatic heterocycles. The zero-order valence-electron chi connectivity index (χ0n) is 18.0. The Hall–Kier alpha value is -3.09. The van der Waals surface area contributed by atoms with Gasteiger partial charge in [-0.05, 0) is 54.8 Å². The number of nitrogens with zero attached hydrogens (tertiary/aromatic N) is 1. The zero-order valence-corrected chi connectivity index (χ0v) is 19.6. The molecule has 10 nitrogen and oxygen atoms in total. The van der Waals surface area contributed by atoms with Crippen molar-refractivity contribution in [3.8, 4) is 11.5 Å². The molecule has 0 radical (unpaired) electrons. The summed E-state index contributed by atoms with van der Waals surface area (Å²) in [5, 5.41) is 8.87. The van der Waals surface area contributed by atoms with E-state index in [-0.39, 0.29) is 32.5 Å². The number of hydrogen-bond donors (Lipinski definition) is 2. The minimum atomic E-state index is -4.28. The number of ether oxygens (including phenoxy) is 2. The minimum absolute atomic E-state index is 0.0210. The average molecular weight is 497 g/mol. The molecule has 1 fully saturated rings. The van der Waals surface area contributed by atoms with Crippen LogP contribution in [-0.2, 0) is 24.8 Å². The van der Waals surface area contributed by atoms with E-state index in [0.29, 0.717) is 13.1 Å². The predicted molar refractivity (Wildman–Crippen MR) is 121 cm³/mol. The molecule has 2 aromatic carbocycles. The third kappa shape index (κ3) is 5.46. The Balaban J connectivity index is 2.01. The molecule has 0 atom stereocenters. The molecule has 0 bridgehead atoms. The lowest BCUT2D eigenvalue weighted by Gasteiger charge is -2.17. The number of nitrogens with one attached hydrogen (secondary N) is 1. The summed E-state index contributed by atoms with van der Waals surface area (Å²) in [6.07, 6.45) is 3.63. The summed E-state index contributed by atoms with van der Waals surface area (Å²) in [5.74, 6) is -1.21. The predicted octanol–water partition coefficient (Wildman–Crippen LogP) is 2.39. The standard InChI is InChI=1S/C21H24N2O8S2/c1-30-18-12-15(8-9-20(24)25)13-19(21(18)31-2)32(26,27)22-16-6-5-7-17(14-16)33(28,29)23-10-3-4-11-23/h5-9,12-14,22H,3-4,10-11H2,1-2H3,(H,24,25)/b9-8+. The van der Waals surface area contributed by atoms with Gasteiger partial charge in [0.15, 0.2) is 11.5 Å². The lowest BCUT2D eigenvalue weighted by molar-refractivity contribution is -0.131. The number of anilines is 1. The Morgan fingerprint density at radius 1 is 1.06 bits per heavy atom. The fourth-order valence-electron chi connectivity index (χ4n) is 3.42. The number of carboxylic acids is 1. The molecule has 3 rings (SSSR count). The molecule has 0 spiro atoms. The molecule has 1 heterocycles. The van der Waals surface area contributed by atoms with Crippen LogP contribution in [0.1, 0.15) is 18.4 Å². The van der Waals surface area contributed by atoms with Gasteiger partial charge in [0.25, 0.3) is 10.0 Å². The van der Waals surface area contributed by atoms with E-state index in [4.69, 9.17) is 14.6 Å². The van der Waals surface area contributed by atoms with Gasteiger partial charge in [-0.15, -0.1) is 0 Å². The van der Waals surface area contributed by atoms with E-state index in [1.165, 1.54) is 61.0 Å². The van der Waals surface area contributed by atoms with Crippen molar-refractivity contribution in [1.29, 1.82) is 0 Å². The molecule has 1 aliphatic heterocycles. The summed E-state index contributed by atoms with van der Waals surface area (Å²) < 4.78 is 66.3. The van der Waals surface area contributed by atoms with Gasteiger partial charge in [0.1, 0.15) is 4.90 Å². The van der Waals surface area contributed by atoms with Crippen molar-refractivity contribution in [1.82, 2.24) is 4.31 Å². The number of aliphatic carboxylic acids is 1. The highest BCUT2D eigenvalue weighted by Crippen LogP contribution is 2.37. The first kappa shape index (κ1) is 24.6. The number of benzene rings is 2. The topological polar surface area (TPSA) is 139 Å².